The number of carboxylic acids is 1. The van der Waals surface area contributed by atoms with Crippen molar-refractivity contribution in [1.82, 2.24) is 4.90 Å². The number of nitrogens with two attached hydrogens (primary N) is 1. The van der Waals surface area contributed by atoms with Gasteiger partial charge in [0.2, 0.25) is 0 Å². The average Bonchev–Trinajstić information content (AvgIpc) is 2.04. The maximum absolute atomic E-state index is 11.7. The number of hydrogen-bond donors (Lipinski definition) is 2. The first kappa shape index (κ1) is 13.1. The Labute approximate surface area is 106 Å². The van der Waals surface area contributed by atoms with Crippen LogP contribution in [-0.4, -0.2) is 46.3 Å². The van der Waals surface area contributed by atoms with Gasteiger partial charge in [0.25, 0.3) is 0 Å². The predicted molar refractivity (Wildman–Crippen MR) is 64.0 cm³/mol. The number of amides is 1. The van der Waals surface area contributed by atoms with Crippen molar-refractivity contribution in [2.75, 3.05) is 13.1 Å². The smallest absolute Gasteiger partial charge is 0.410 e. The third kappa shape index (κ3) is 2.16. The van der Waals surface area contributed by atoms with E-state index in [9.17, 15) is 9.59 Å². The van der Waals surface area contributed by atoms with Crippen molar-refractivity contribution >= 4 is 12.1 Å². The van der Waals surface area contributed by atoms with Crippen molar-refractivity contribution < 1.29 is 19.4 Å². The summed E-state index contributed by atoms with van der Waals surface area (Å²) in [5.41, 5.74) is 4.03. The van der Waals surface area contributed by atoms with Crippen LogP contribution in [0.1, 0.15) is 33.6 Å². The molecule has 0 bridgehead atoms. The molecule has 1 saturated heterocycles. The van der Waals surface area contributed by atoms with Crippen LogP contribution in [0.2, 0.25) is 0 Å². The molecule has 0 unspecified atom stereocenters. The summed E-state index contributed by atoms with van der Waals surface area (Å²) in [6.45, 7) is 6.56. The van der Waals surface area contributed by atoms with Crippen LogP contribution in [0.4, 0.5) is 4.79 Å². The molecular weight excluding hydrogens is 236 g/mol. The second kappa shape index (κ2) is 3.60. The van der Waals surface area contributed by atoms with Crippen LogP contribution in [0, 0.1) is 5.41 Å². The standard InChI is InChI=1S/C12H20N2O4/c1-10(2,3)18-9(17)14-6-11(7-14)4-12(13,5-11)8(15)16/h4-7,13H2,1-3H3,(H,15,16). The normalized spacial score (nSPS) is 24.1. The Morgan fingerprint density at radius 1 is 1.28 bits per heavy atom. The molecule has 6 heteroatoms. The molecule has 1 spiro atoms. The summed E-state index contributed by atoms with van der Waals surface area (Å²) in [7, 11) is 0. The van der Waals surface area contributed by atoms with Crippen molar-refractivity contribution in [2.24, 2.45) is 11.1 Å². The molecule has 6 nitrogen and oxygen atoms in total. The summed E-state index contributed by atoms with van der Waals surface area (Å²) in [4.78, 5) is 24.2. The lowest BCUT2D eigenvalue weighted by Gasteiger charge is -2.61. The third-order valence-electron chi connectivity index (χ3n) is 3.51. The molecule has 0 aromatic heterocycles. The van der Waals surface area contributed by atoms with Crippen LogP contribution in [0.25, 0.3) is 0 Å². The van der Waals surface area contributed by atoms with Gasteiger partial charge in [-0.25, -0.2) is 4.79 Å². The van der Waals surface area contributed by atoms with Crippen LogP contribution in [0.3, 0.4) is 0 Å². The molecule has 1 aliphatic carbocycles. The molecule has 1 heterocycles. The molecule has 1 saturated carbocycles. The second-order valence-electron chi connectivity index (χ2n) is 6.65. The lowest BCUT2D eigenvalue weighted by molar-refractivity contribution is -0.163. The van der Waals surface area contributed by atoms with Gasteiger partial charge in [-0.2, -0.15) is 0 Å². The Balaban J connectivity index is 1.82. The molecule has 18 heavy (non-hydrogen) atoms. The zero-order valence-corrected chi connectivity index (χ0v) is 11.0. The van der Waals surface area contributed by atoms with Gasteiger partial charge in [-0.3, -0.25) is 4.79 Å². The van der Waals surface area contributed by atoms with Crippen molar-refractivity contribution in [2.45, 2.75) is 44.8 Å². The van der Waals surface area contributed by atoms with Gasteiger partial charge in [-0.1, -0.05) is 0 Å². The number of carboxylic acid groups (broad SMARTS) is 1. The minimum absolute atomic E-state index is 0.0932. The van der Waals surface area contributed by atoms with E-state index < -0.39 is 17.1 Å². The molecule has 102 valence electrons. The minimum atomic E-state index is -1.10. The van der Waals surface area contributed by atoms with E-state index in [-0.39, 0.29) is 11.5 Å². The Hall–Kier alpha value is -1.30. The van der Waals surface area contributed by atoms with E-state index in [0.717, 1.165) is 0 Å². The lowest BCUT2D eigenvalue weighted by atomic mass is 9.54. The Morgan fingerprint density at radius 2 is 1.78 bits per heavy atom. The summed E-state index contributed by atoms with van der Waals surface area (Å²) in [5.74, 6) is -0.955. The van der Waals surface area contributed by atoms with Crippen LogP contribution in [0.15, 0.2) is 0 Å². The Kier molecular flexibility index (Phi) is 2.63. The van der Waals surface area contributed by atoms with Crippen LogP contribution < -0.4 is 5.73 Å². The van der Waals surface area contributed by atoms with Crippen LogP contribution in [0.5, 0.6) is 0 Å². The van der Waals surface area contributed by atoms with Crippen molar-refractivity contribution in [3.05, 3.63) is 0 Å². The number of hydrogen-bond acceptors (Lipinski definition) is 4. The van der Waals surface area contributed by atoms with E-state index in [0.29, 0.717) is 25.9 Å². The van der Waals surface area contributed by atoms with Crippen LogP contribution in [-0.2, 0) is 9.53 Å². The van der Waals surface area contributed by atoms with Gasteiger partial charge in [-0.05, 0) is 33.6 Å². The first-order chi connectivity index (χ1) is 8.05. The monoisotopic (exact) mass is 256 g/mol. The summed E-state index contributed by atoms with van der Waals surface area (Å²) < 4.78 is 5.24. The maximum atomic E-state index is 11.7. The van der Waals surface area contributed by atoms with E-state index in [4.69, 9.17) is 15.6 Å². The van der Waals surface area contributed by atoms with Crippen molar-refractivity contribution in [1.29, 1.82) is 0 Å². The molecule has 2 aliphatic rings. The molecule has 0 radical (unpaired) electrons. The highest BCUT2D eigenvalue weighted by atomic mass is 16.6. The fraction of sp³-hybridized carbons (Fsp3) is 0.833. The number of ether oxygens (including phenoxy) is 1. The Bertz CT molecular complexity index is 385. The summed E-state index contributed by atoms with van der Waals surface area (Å²) in [6, 6.07) is 0. The lowest BCUT2D eigenvalue weighted by Crippen LogP contribution is -2.74. The van der Waals surface area contributed by atoms with Gasteiger partial charge in [0.15, 0.2) is 0 Å². The van der Waals surface area contributed by atoms with Crippen LogP contribution >= 0.6 is 0 Å². The second-order valence-corrected chi connectivity index (χ2v) is 6.65. The number of carbonyl (C=O) groups excluding carboxylic acids is 1. The van der Waals surface area contributed by atoms with Gasteiger partial charge in [-0.15, -0.1) is 0 Å². The third-order valence-corrected chi connectivity index (χ3v) is 3.51. The molecule has 1 amide bonds. The summed E-state index contributed by atoms with van der Waals surface area (Å²) in [6.07, 6.45) is 0.543. The average molecular weight is 256 g/mol. The number of rotatable bonds is 1. The first-order valence-corrected chi connectivity index (χ1v) is 6.06. The molecular formula is C12H20N2O4. The highest BCUT2D eigenvalue weighted by Gasteiger charge is 2.63. The summed E-state index contributed by atoms with van der Waals surface area (Å²) >= 11 is 0. The summed E-state index contributed by atoms with van der Waals surface area (Å²) in [5, 5.41) is 8.94. The number of likely N-dealkylation sites (tertiary alicyclic amines) is 1. The molecule has 0 atom stereocenters. The maximum Gasteiger partial charge on any atom is 0.410 e. The van der Waals surface area contributed by atoms with E-state index >= 15 is 0 Å². The highest BCUT2D eigenvalue weighted by molar-refractivity contribution is 5.81. The zero-order valence-electron chi connectivity index (χ0n) is 11.0. The number of aliphatic carboxylic acids is 1. The fourth-order valence-corrected chi connectivity index (χ4v) is 2.88. The molecule has 0 aromatic rings. The fourth-order valence-electron chi connectivity index (χ4n) is 2.88. The molecule has 2 fully saturated rings. The number of carbonyl (C=O) groups is 2. The van der Waals surface area contributed by atoms with Crippen molar-refractivity contribution in [3.8, 4) is 0 Å². The molecule has 2 rings (SSSR count). The minimum Gasteiger partial charge on any atom is -0.480 e. The Morgan fingerprint density at radius 3 is 2.17 bits per heavy atom. The molecule has 0 aromatic carbocycles. The topological polar surface area (TPSA) is 92.9 Å². The quantitative estimate of drug-likeness (QED) is 0.723. The van der Waals surface area contributed by atoms with Gasteiger partial charge >= 0.3 is 12.1 Å². The SMILES string of the molecule is CC(C)(C)OC(=O)N1CC2(C1)CC(N)(C(=O)O)C2. The predicted octanol–water partition coefficient (Wildman–Crippen LogP) is 0.799. The van der Waals surface area contributed by atoms with Gasteiger partial charge in [0.05, 0.1) is 0 Å². The highest BCUT2D eigenvalue weighted by Crippen LogP contribution is 2.53. The van der Waals surface area contributed by atoms with E-state index in [2.05, 4.69) is 0 Å². The van der Waals surface area contributed by atoms with E-state index in [1.54, 1.807) is 4.90 Å². The largest absolute Gasteiger partial charge is 0.480 e. The number of nitrogens with zero attached hydrogens (tertiary/aromatic N) is 1. The van der Waals surface area contributed by atoms with Gasteiger partial charge in [0.1, 0.15) is 11.1 Å². The molecule has 3 N–H and O–H groups in total. The van der Waals surface area contributed by atoms with E-state index in [1.165, 1.54) is 0 Å². The van der Waals surface area contributed by atoms with Crippen molar-refractivity contribution in [3.63, 3.8) is 0 Å². The van der Waals surface area contributed by atoms with E-state index in [1.807, 2.05) is 20.8 Å². The molecule has 1 aliphatic heterocycles. The zero-order chi connectivity index (χ0) is 13.8. The first-order valence-electron chi connectivity index (χ1n) is 6.06. The van der Waals surface area contributed by atoms with Gasteiger partial charge in [0, 0.05) is 18.5 Å². The van der Waals surface area contributed by atoms with Gasteiger partial charge < -0.3 is 20.5 Å².